The number of carbonyl (C=O) groups excluding carboxylic acids is 1. The Kier molecular flexibility index (Phi) is 5.44. The van der Waals surface area contributed by atoms with E-state index in [0.29, 0.717) is 17.7 Å². The highest BCUT2D eigenvalue weighted by atomic mass is 32.2. The quantitative estimate of drug-likeness (QED) is 0.557. The van der Waals surface area contributed by atoms with Crippen LogP contribution in [-0.4, -0.2) is 18.1 Å². The average molecular weight is 388 g/mol. The SMILES string of the molecule is COc1cccc(C(=O)CC2SC(Nc3ccccc3)=Nc3ccccc32)c1. The van der Waals surface area contributed by atoms with E-state index in [4.69, 9.17) is 9.73 Å². The number of nitrogens with one attached hydrogen (secondary N) is 1. The molecule has 0 amide bonds. The van der Waals surface area contributed by atoms with Gasteiger partial charge in [-0.2, -0.15) is 0 Å². The zero-order valence-corrected chi connectivity index (χ0v) is 16.3. The number of carbonyl (C=O) groups is 1. The highest BCUT2D eigenvalue weighted by Gasteiger charge is 2.26. The van der Waals surface area contributed by atoms with Crippen LogP contribution in [-0.2, 0) is 0 Å². The summed E-state index contributed by atoms with van der Waals surface area (Å²) in [6.07, 6.45) is 0.393. The predicted molar refractivity (Wildman–Crippen MR) is 116 cm³/mol. The molecule has 1 atom stereocenters. The van der Waals surface area contributed by atoms with Crippen molar-refractivity contribution in [3.05, 3.63) is 90.0 Å². The molecule has 1 heterocycles. The van der Waals surface area contributed by atoms with Crippen LogP contribution in [0.25, 0.3) is 0 Å². The van der Waals surface area contributed by atoms with E-state index in [9.17, 15) is 4.79 Å². The van der Waals surface area contributed by atoms with Crippen molar-refractivity contribution < 1.29 is 9.53 Å². The van der Waals surface area contributed by atoms with Crippen LogP contribution < -0.4 is 10.1 Å². The second kappa shape index (κ2) is 8.31. The van der Waals surface area contributed by atoms with E-state index in [2.05, 4.69) is 11.4 Å². The molecule has 4 nitrogen and oxygen atoms in total. The van der Waals surface area contributed by atoms with E-state index >= 15 is 0 Å². The summed E-state index contributed by atoms with van der Waals surface area (Å²) in [6, 6.07) is 25.3. The molecule has 1 aliphatic rings. The molecule has 1 N–H and O–H groups in total. The van der Waals surface area contributed by atoms with E-state index in [1.165, 1.54) is 0 Å². The zero-order valence-electron chi connectivity index (χ0n) is 15.5. The van der Waals surface area contributed by atoms with Gasteiger partial charge in [0.1, 0.15) is 5.75 Å². The summed E-state index contributed by atoms with van der Waals surface area (Å²) in [5, 5.41) is 4.16. The number of ether oxygens (including phenoxy) is 1. The normalized spacial score (nSPS) is 15.3. The molecule has 4 rings (SSSR count). The fourth-order valence-corrected chi connectivity index (χ4v) is 4.29. The van der Waals surface area contributed by atoms with Gasteiger partial charge in [-0.15, -0.1) is 0 Å². The zero-order chi connectivity index (χ0) is 19.3. The lowest BCUT2D eigenvalue weighted by atomic mass is 10.0. The molecule has 1 aliphatic heterocycles. The number of Topliss-reactive ketones (excluding diaryl/α,β-unsaturated/α-hetero) is 1. The van der Waals surface area contributed by atoms with Gasteiger partial charge in [-0.1, -0.05) is 60.3 Å². The molecule has 0 bridgehead atoms. The van der Waals surface area contributed by atoms with Gasteiger partial charge in [0.15, 0.2) is 11.0 Å². The molecule has 5 heteroatoms. The van der Waals surface area contributed by atoms with Gasteiger partial charge >= 0.3 is 0 Å². The average Bonchev–Trinajstić information content (AvgIpc) is 2.74. The molecule has 0 aliphatic carbocycles. The number of hydrogen-bond donors (Lipinski definition) is 1. The molecular weight excluding hydrogens is 368 g/mol. The number of para-hydroxylation sites is 2. The van der Waals surface area contributed by atoms with Crippen LogP contribution in [0.3, 0.4) is 0 Å². The first-order valence-electron chi connectivity index (χ1n) is 9.06. The Morgan fingerprint density at radius 1 is 1.04 bits per heavy atom. The maximum atomic E-state index is 12.9. The van der Waals surface area contributed by atoms with Crippen LogP contribution in [0.4, 0.5) is 11.4 Å². The van der Waals surface area contributed by atoms with Crippen molar-refractivity contribution in [2.24, 2.45) is 4.99 Å². The fourth-order valence-electron chi connectivity index (χ4n) is 3.13. The summed E-state index contributed by atoms with van der Waals surface area (Å²) >= 11 is 1.59. The number of ketones is 1. The van der Waals surface area contributed by atoms with Crippen LogP contribution in [0.2, 0.25) is 0 Å². The summed E-state index contributed by atoms with van der Waals surface area (Å²) in [6.45, 7) is 0. The number of benzene rings is 3. The first-order chi connectivity index (χ1) is 13.7. The standard InChI is InChI=1S/C23H20N2O2S/c1-27-18-11-7-8-16(14-18)21(26)15-22-19-12-5-6-13-20(19)25-23(28-22)24-17-9-3-2-4-10-17/h2-14,22H,15H2,1H3,(H,24,25). The van der Waals surface area contributed by atoms with Crippen LogP contribution in [0, 0.1) is 0 Å². The third-order valence-corrected chi connectivity index (χ3v) is 5.67. The number of anilines is 1. The largest absolute Gasteiger partial charge is 0.497 e. The first kappa shape index (κ1) is 18.3. The Bertz CT molecular complexity index is 1020. The predicted octanol–water partition coefficient (Wildman–Crippen LogP) is 5.86. The highest BCUT2D eigenvalue weighted by molar-refractivity contribution is 8.14. The minimum absolute atomic E-state index is 0.00128. The Balaban J connectivity index is 1.58. The molecule has 0 radical (unpaired) electrons. The van der Waals surface area contributed by atoms with Gasteiger partial charge in [-0.25, -0.2) is 4.99 Å². The van der Waals surface area contributed by atoms with Gasteiger partial charge in [-0.05, 0) is 35.9 Å². The molecule has 28 heavy (non-hydrogen) atoms. The van der Waals surface area contributed by atoms with E-state index in [1.54, 1.807) is 24.9 Å². The van der Waals surface area contributed by atoms with Gasteiger partial charge in [0.05, 0.1) is 12.8 Å². The summed E-state index contributed by atoms with van der Waals surface area (Å²) in [5.74, 6) is 0.780. The topological polar surface area (TPSA) is 50.7 Å². The number of thioether (sulfide) groups is 1. The maximum Gasteiger partial charge on any atom is 0.166 e. The fraction of sp³-hybridized carbons (Fsp3) is 0.130. The third-order valence-electron chi connectivity index (χ3n) is 4.55. The molecule has 0 fully saturated rings. The molecule has 0 saturated carbocycles. The van der Waals surface area contributed by atoms with Crippen molar-refractivity contribution in [2.75, 3.05) is 12.4 Å². The number of aliphatic imine (C=N–C) groups is 1. The second-order valence-corrected chi connectivity index (χ2v) is 7.62. The maximum absolute atomic E-state index is 12.9. The van der Waals surface area contributed by atoms with Crippen molar-refractivity contribution in [3.8, 4) is 5.75 Å². The van der Waals surface area contributed by atoms with Gasteiger partial charge < -0.3 is 10.1 Å². The van der Waals surface area contributed by atoms with Gasteiger partial charge in [0, 0.05) is 22.9 Å². The van der Waals surface area contributed by atoms with Crippen molar-refractivity contribution in [1.29, 1.82) is 0 Å². The lowest BCUT2D eigenvalue weighted by Crippen LogP contribution is -2.16. The Morgan fingerprint density at radius 3 is 2.64 bits per heavy atom. The van der Waals surface area contributed by atoms with Crippen molar-refractivity contribution in [1.82, 2.24) is 0 Å². The monoisotopic (exact) mass is 388 g/mol. The molecule has 1 unspecified atom stereocenters. The van der Waals surface area contributed by atoms with Crippen LogP contribution in [0.5, 0.6) is 5.75 Å². The number of nitrogens with zero attached hydrogens (tertiary/aromatic N) is 1. The summed E-state index contributed by atoms with van der Waals surface area (Å²) < 4.78 is 5.25. The van der Waals surface area contributed by atoms with Gasteiger partial charge in [-0.3, -0.25) is 4.79 Å². The lowest BCUT2D eigenvalue weighted by Gasteiger charge is -2.24. The molecule has 0 spiro atoms. The van der Waals surface area contributed by atoms with Crippen LogP contribution >= 0.6 is 11.8 Å². The van der Waals surface area contributed by atoms with Crippen molar-refractivity contribution in [2.45, 2.75) is 11.7 Å². The lowest BCUT2D eigenvalue weighted by molar-refractivity contribution is 0.0982. The molecule has 140 valence electrons. The van der Waals surface area contributed by atoms with Gasteiger partial charge in [0.2, 0.25) is 0 Å². The second-order valence-electron chi connectivity index (χ2n) is 6.43. The highest BCUT2D eigenvalue weighted by Crippen LogP contribution is 2.43. The molecule has 3 aromatic rings. The van der Waals surface area contributed by atoms with E-state index in [-0.39, 0.29) is 11.0 Å². The summed E-state index contributed by atoms with van der Waals surface area (Å²) in [5.41, 5.74) is 3.63. The van der Waals surface area contributed by atoms with Crippen LogP contribution in [0.15, 0.2) is 83.9 Å². The first-order valence-corrected chi connectivity index (χ1v) is 9.94. The van der Waals surface area contributed by atoms with E-state index in [0.717, 1.165) is 22.1 Å². The van der Waals surface area contributed by atoms with E-state index < -0.39 is 0 Å². The number of amidine groups is 1. The molecule has 3 aromatic carbocycles. The minimum atomic E-state index is -0.00128. The summed E-state index contributed by atoms with van der Waals surface area (Å²) in [7, 11) is 1.61. The minimum Gasteiger partial charge on any atom is -0.497 e. The molecule has 0 saturated heterocycles. The smallest absolute Gasteiger partial charge is 0.166 e. The Labute approximate surface area is 168 Å². The number of methoxy groups -OCH3 is 1. The van der Waals surface area contributed by atoms with E-state index in [1.807, 2.05) is 66.7 Å². The molecular formula is C23H20N2O2S. The summed E-state index contributed by atoms with van der Waals surface area (Å²) in [4.78, 5) is 17.7. The van der Waals surface area contributed by atoms with Gasteiger partial charge in [0.25, 0.3) is 0 Å². The van der Waals surface area contributed by atoms with Crippen LogP contribution in [0.1, 0.15) is 27.6 Å². The Hall–Kier alpha value is -3.05. The number of fused-ring (bicyclic) bond motifs is 1. The third kappa shape index (κ3) is 4.10. The molecule has 0 aromatic heterocycles. The van der Waals surface area contributed by atoms with Crippen molar-refractivity contribution in [3.63, 3.8) is 0 Å². The van der Waals surface area contributed by atoms with Crippen molar-refractivity contribution >= 4 is 34.1 Å². The number of rotatable bonds is 5. The number of hydrogen-bond acceptors (Lipinski definition) is 5. The Morgan fingerprint density at radius 2 is 1.82 bits per heavy atom.